The van der Waals surface area contributed by atoms with E-state index in [0.29, 0.717) is 16.9 Å². The Kier molecular flexibility index (Phi) is 3.81. The Morgan fingerprint density at radius 2 is 1.68 bits per heavy atom. The molecule has 1 aliphatic rings. The number of hydrogen-bond acceptors (Lipinski definition) is 3. The zero-order valence-corrected chi connectivity index (χ0v) is 12.1. The molecule has 0 bridgehead atoms. The molecule has 22 heavy (non-hydrogen) atoms. The second-order valence-electron chi connectivity index (χ2n) is 4.73. The van der Waals surface area contributed by atoms with Gasteiger partial charge in [-0.3, -0.25) is 14.5 Å². The summed E-state index contributed by atoms with van der Waals surface area (Å²) in [6.45, 7) is 0.177. The quantitative estimate of drug-likeness (QED) is 0.813. The third-order valence-electron chi connectivity index (χ3n) is 3.34. The molecule has 2 amide bonds. The van der Waals surface area contributed by atoms with E-state index in [0.717, 1.165) is 11.0 Å². The smallest absolute Gasteiger partial charge is 0.261 e. The maximum atomic E-state index is 12.9. The number of carbonyl (C=O) groups is 2. The van der Waals surface area contributed by atoms with Gasteiger partial charge in [0, 0.05) is 0 Å². The number of hydrogen-bond donors (Lipinski definition) is 0. The summed E-state index contributed by atoms with van der Waals surface area (Å²) in [6, 6.07) is 10.4. The van der Waals surface area contributed by atoms with Gasteiger partial charge >= 0.3 is 0 Å². The van der Waals surface area contributed by atoms with Crippen LogP contribution in [0.3, 0.4) is 0 Å². The molecule has 0 saturated heterocycles. The lowest BCUT2D eigenvalue weighted by Crippen LogP contribution is -2.33. The van der Waals surface area contributed by atoms with Gasteiger partial charge in [0.2, 0.25) is 0 Å². The number of ether oxygens (including phenoxy) is 1. The average Bonchev–Trinajstić information content (AvgIpc) is 2.75. The van der Waals surface area contributed by atoms with Crippen molar-refractivity contribution in [3.8, 4) is 5.75 Å². The number of amides is 2. The van der Waals surface area contributed by atoms with E-state index < -0.39 is 5.82 Å². The summed E-state index contributed by atoms with van der Waals surface area (Å²) >= 11 is 5.84. The largest absolute Gasteiger partial charge is 0.490 e. The van der Waals surface area contributed by atoms with Crippen LogP contribution in [-0.4, -0.2) is 29.9 Å². The summed E-state index contributed by atoms with van der Waals surface area (Å²) in [7, 11) is 0. The molecule has 0 unspecified atom stereocenters. The lowest BCUT2D eigenvalue weighted by Gasteiger charge is -2.14. The van der Waals surface area contributed by atoms with E-state index in [1.165, 1.54) is 12.1 Å². The first-order valence-electron chi connectivity index (χ1n) is 6.61. The third kappa shape index (κ3) is 2.55. The number of benzene rings is 2. The van der Waals surface area contributed by atoms with Crippen molar-refractivity contribution in [2.75, 3.05) is 13.2 Å². The van der Waals surface area contributed by atoms with Gasteiger partial charge in [0.15, 0.2) is 0 Å². The number of halogens is 2. The van der Waals surface area contributed by atoms with Crippen LogP contribution in [-0.2, 0) is 0 Å². The monoisotopic (exact) mass is 319 g/mol. The van der Waals surface area contributed by atoms with E-state index in [-0.39, 0.29) is 30.0 Å². The molecule has 2 aromatic rings. The molecule has 3 rings (SSSR count). The average molecular weight is 320 g/mol. The van der Waals surface area contributed by atoms with Crippen LogP contribution in [0.5, 0.6) is 5.75 Å². The molecule has 112 valence electrons. The topological polar surface area (TPSA) is 46.6 Å². The van der Waals surface area contributed by atoms with Crippen LogP contribution in [0.4, 0.5) is 4.39 Å². The molecule has 1 heterocycles. The van der Waals surface area contributed by atoms with Crippen molar-refractivity contribution in [3.05, 3.63) is 64.4 Å². The molecule has 0 saturated carbocycles. The highest BCUT2D eigenvalue weighted by molar-refractivity contribution is 6.32. The Hall–Kier alpha value is -2.40. The van der Waals surface area contributed by atoms with Gasteiger partial charge in [-0.2, -0.15) is 0 Å². The van der Waals surface area contributed by atoms with E-state index in [4.69, 9.17) is 16.3 Å². The van der Waals surface area contributed by atoms with Gasteiger partial charge in [0.05, 0.1) is 22.7 Å². The lowest BCUT2D eigenvalue weighted by atomic mass is 10.1. The van der Waals surface area contributed by atoms with Crippen LogP contribution >= 0.6 is 11.6 Å². The molecule has 1 aliphatic heterocycles. The molecule has 2 aromatic carbocycles. The maximum Gasteiger partial charge on any atom is 0.261 e. The second kappa shape index (κ2) is 5.77. The minimum absolute atomic E-state index is 0.0802. The number of imide groups is 1. The highest BCUT2D eigenvalue weighted by Gasteiger charge is 2.34. The standard InChI is InChI=1S/C16H11ClFNO3/c17-13-9-10(18)5-6-14(13)22-8-7-19-15(20)11-3-1-2-4-12(11)16(19)21/h1-6,9H,7-8H2. The fourth-order valence-corrected chi connectivity index (χ4v) is 2.50. The Labute approximate surface area is 131 Å². The Balaban J connectivity index is 1.66. The summed E-state index contributed by atoms with van der Waals surface area (Å²) in [5, 5.41) is 0.141. The summed E-state index contributed by atoms with van der Waals surface area (Å²) in [6.07, 6.45) is 0. The van der Waals surface area contributed by atoms with E-state index >= 15 is 0 Å². The van der Waals surface area contributed by atoms with Crippen molar-refractivity contribution in [1.29, 1.82) is 0 Å². The van der Waals surface area contributed by atoms with E-state index in [1.54, 1.807) is 24.3 Å². The first-order chi connectivity index (χ1) is 10.6. The first kappa shape index (κ1) is 14.5. The van der Waals surface area contributed by atoms with Crippen molar-refractivity contribution in [2.24, 2.45) is 0 Å². The minimum Gasteiger partial charge on any atom is -0.490 e. The predicted octanol–water partition coefficient (Wildman–Crippen LogP) is 3.15. The molecule has 0 aromatic heterocycles. The molecule has 0 radical (unpaired) electrons. The van der Waals surface area contributed by atoms with Gasteiger partial charge < -0.3 is 4.74 Å². The Morgan fingerprint density at radius 3 is 2.27 bits per heavy atom. The van der Waals surface area contributed by atoms with Gasteiger partial charge in [0.1, 0.15) is 18.2 Å². The molecule has 6 heteroatoms. The van der Waals surface area contributed by atoms with Crippen molar-refractivity contribution < 1.29 is 18.7 Å². The number of rotatable bonds is 4. The lowest BCUT2D eigenvalue weighted by molar-refractivity contribution is 0.0631. The molecule has 0 spiro atoms. The minimum atomic E-state index is -0.460. The van der Waals surface area contributed by atoms with Crippen LogP contribution in [0, 0.1) is 5.82 Å². The highest BCUT2D eigenvalue weighted by Crippen LogP contribution is 2.25. The van der Waals surface area contributed by atoms with Crippen molar-refractivity contribution in [3.63, 3.8) is 0 Å². The fourth-order valence-electron chi connectivity index (χ4n) is 2.28. The summed E-state index contributed by atoms with van der Waals surface area (Å²) in [5.41, 5.74) is 0.791. The zero-order valence-electron chi connectivity index (χ0n) is 11.4. The molecule has 4 nitrogen and oxygen atoms in total. The van der Waals surface area contributed by atoms with Gasteiger partial charge in [-0.15, -0.1) is 0 Å². The van der Waals surface area contributed by atoms with Gasteiger partial charge in [-0.1, -0.05) is 23.7 Å². The summed E-state index contributed by atoms with van der Waals surface area (Å²) in [4.78, 5) is 25.4. The highest BCUT2D eigenvalue weighted by atomic mass is 35.5. The third-order valence-corrected chi connectivity index (χ3v) is 3.64. The normalized spacial score (nSPS) is 13.5. The SMILES string of the molecule is O=C1c2ccccc2C(=O)N1CCOc1ccc(F)cc1Cl. The number of nitrogens with zero attached hydrogens (tertiary/aromatic N) is 1. The van der Waals surface area contributed by atoms with Crippen molar-refractivity contribution in [1.82, 2.24) is 4.90 Å². The van der Waals surface area contributed by atoms with Crippen LogP contribution < -0.4 is 4.74 Å². The second-order valence-corrected chi connectivity index (χ2v) is 5.14. The molecular formula is C16H11ClFNO3. The molecule has 0 fully saturated rings. The number of carbonyl (C=O) groups excluding carboxylic acids is 2. The fraction of sp³-hybridized carbons (Fsp3) is 0.125. The molecule has 0 aliphatic carbocycles. The van der Waals surface area contributed by atoms with Gasteiger partial charge in [-0.05, 0) is 30.3 Å². The summed E-state index contributed by atoms with van der Waals surface area (Å²) < 4.78 is 18.3. The molecule has 0 N–H and O–H groups in total. The predicted molar refractivity (Wildman–Crippen MR) is 78.7 cm³/mol. The van der Waals surface area contributed by atoms with E-state index in [9.17, 15) is 14.0 Å². The van der Waals surface area contributed by atoms with E-state index in [2.05, 4.69) is 0 Å². The summed E-state index contributed by atoms with van der Waals surface area (Å²) in [5.74, 6) is -0.832. The first-order valence-corrected chi connectivity index (χ1v) is 6.99. The Morgan fingerprint density at radius 1 is 1.05 bits per heavy atom. The number of fused-ring (bicyclic) bond motifs is 1. The van der Waals surface area contributed by atoms with Crippen LogP contribution in [0.2, 0.25) is 5.02 Å². The zero-order chi connectivity index (χ0) is 15.7. The molecule has 0 atom stereocenters. The van der Waals surface area contributed by atoms with Crippen LogP contribution in [0.1, 0.15) is 20.7 Å². The van der Waals surface area contributed by atoms with E-state index in [1.807, 2.05) is 0 Å². The van der Waals surface area contributed by atoms with Crippen molar-refractivity contribution in [2.45, 2.75) is 0 Å². The van der Waals surface area contributed by atoms with Gasteiger partial charge in [-0.25, -0.2) is 4.39 Å². The van der Waals surface area contributed by atoms with Crippen LogP contribution in [0.15, 0.2) is 42.5 Å². The van der Waals surface area contributed by atoms with Crippen LogP contribution in [0.25, 0.3) is 0 Å². The van der Waals surface area contributed by atoms with Crippen molar-refractivity contribution >= 4 is 23.4 Å². The molecular weight excluding hydrogens is 309 g/mol. The maximum absolute atomic E-state index is 12.9. The van der Waals surface area contributed by atoms with Gasteiger partial charge in [0.25, 0.3) is 11.8 Å². The Bertz CT molecular complexity index is 728.